The molecule has 1 saturated heterocycles. The molecule has 2 N–H and O–H groups in total. The van der Waals surface area contributed by atoms with Crippen molar-refractivity contribution in [1.29, 1.82) is 0 Å². The first-order valence-corrected chi connectivity index (χ1v) is 9.10. The Balaban J connectivity index is 2.51. The monoisotopic (exact) mass is 312 g/mol. The summed E-state index contributed by atoms with van der Waals surface area (Å²) in [5.41, 5.74) is 0. The second-order valence-corrected chi connectivity index (χ2v) is 8.23. The molecule has 7 nitrogen and oxygen atoms in total. The summed E-state index contributed by atoms with van der Waals surface area (Å²) in [6, 6.07) is 0. The van der Waals surface area contributed by atoms with Crippen molar-refractivity contribution in [3.63, 3.8) is 0 Å². The van der Waals surface area contributed by atoms with Gasteiger partial charge in [-0.3, -0.25) is 9.00 Å². The van der Waals surface area contributed by atoms with Crippen molar-refractivity contribution in [2.75, 3.05) is 25.9 Å². The van der Waals surface area contributed by atoms with Gasteiger partial charge in [0.25, 0.3) is 10.2 Å². The van der Waals surface area contributed by atoms with Crippen LogP contribution in [0.5, 0.6) is 0 Å². The van der Waals surface area contributed by atoms with E-state index in [2.05, 4.69) is 4.72 Å². The van der Waals surface area contributed by atoms with Crippen LogP contribution in [0.4, 0.5) is 0 Å². The van der Waals surface area contributed by atoms with Crippen LogP contribution in [0.15, 0.2) is 0 Å². The number of hydrogen-bond acceptors (Lipinski definition) is 4. The number of carboxylic acids is 1. The van der Waals surface area contributed by atoms with Gasteiger partial charge in [-0.2, -0.15) is 12.7 Å². The maximum Gasteiger partial charge on any atom is 0.306 e. The van der Waals surface area contributed by atoms with Gasteiger partial charge in [-0.05, 0) is 19.8 Å². The van der Waals surface area contributed by atoms with E-state index in [1.165, 1.54) is 10.6 Å². The van der Waals surface area contributed by atoms with Gasteiger partial charge in [0.05, 0.1) is 5.92 Å². The maximum atomic E-state index is 12.0. The van der Waals surface area contributed by atoms with Gasteiger partial charge >= 0.3 is 5.97 Å². The number of carbonyl (C=O) groups is 1. The van der Waals surface area contributed by atoms with Crippen molar-refractivity contribution in [2.45, 2.75) is 25.0 Å². The average molecular weight is 312 g/mol. The van der Waals surface area contributed by atoms with Crippen LogP contribution < -0.4 is 4.72 Å². The molecule has 0 aromatic rings. The van der Waals surface area contributed by atoms with Gasteiger partial charge in [-0.25, -0.2) is 4.72 Å². The molecule has 1 aliphatic rings. The van der Waals surface area contributed by atoms with Crippen molar-refractivity contribution < 1.29 is 22.5 Å². The fraction of sp³-hybridized carbons (Fsp3) is 0.900. The lowest BCUT2D eigenvalue weighted by atomic mass is 9.99. The van der Waals surface area contributed by atoms with E-state index < -0.39 is 32.9 Å². The van der Waals surface area contributed by atoms with Crippen LogP contribution in [-0.2, 0) is 25.8 Å². The zero-order chi connectivity index (χ0) is 14.6. The Morgan fingerprint density at radius 2 is 2.00 bits per heavy atom. The predicted octanol–water partition coefficient (Wildman–Crippen LogP) is -0.616. The summed E-state index contributed by atoms with van der Waals surface area (Å²) in [6.45, 7) is 2.23. The molecule has 0 radical (unpaired) electrons. The third kappa shape index (κ3) is 4.83. The van der Waals surface area contributed by atoms with E-state index in [4.69, 9.17) is 5.11 Å². The molecule has 2 atom stereocenters. The lowest BCUT2D eigenvalue weighted by Gasteiger charge is -2.29. The lowest BCUT2D eigenvalue weighted by molar-refractivity contribution is -0.142. The third-order valence-corrected chi connectivity index (χ3v) is 6.14. The first-order valence-electron chi connectivity index (χ1n) is 6.04. The highest BCUT2D eigenvalue weighted by Gasteiger charge is 2.30. The normalized spacial score (nSPS) is 22.0. The van der Waals surface area contributed by atoms with Gasteiger partial charge in [-0.15, -0.1) is 0 Å². The zero-order valence-electron chi connectivity index (χ0n) is 11.0. The molecule has 0 aromatic heterocycles. The second kappa shape index (κ2) is 6.78. The average Bonchev–Trinajstić information content (AvgIpc) is 2.36. The molecule has 112 valence electrons. The molecular weight excluding hydrogens is 292 g/mol. The Bertz CT molecular complexity index is 443. The van der Waals surface area contributed by atoms with Crippen LogP contribution in [-0.4, -0.2) is 59.1 Å². The summed E-state index contributed by atoms with van der Waals surface area (Å²) < 4.78 is 38.7. The van der Waals surface area contributed by atoms with Crippen LogP contribution in [0.1, 0.15) is 19.8 Å². The summed E-state index contributed by atoms with van der Waals surface area (Å²) in [4.78, 5) is 10.8. The summed E-state index contributed by atoms with van der Waals surface area (Å²) >= 11 is 0. The van der Waals surface area contributed by atoms with Crippen molar-refractivity contribution >= 4 is 27.0 Å². The van der Waals surface area contributed by atoms with Gasteiger partial charge < -0.3 is 5.11 Å². The predicted molar refractivity (Wildman–Crippen MR) is 72.4 cm³/mol. The summed E-state index contributed by atoms with van der Waals surface area (Å²) in [5.74, 6) is -1.34. The van der Waals surface area contributed by atoms with Gasteiger partial charge in [0.1, 0.15) is 0 Å². The van der Waals surface area contributed by atoms with Crippen molar-refractivity contribution in [1.82, 2.24) is 9.03 Å². The third-order valence-electron chi connectivity index (χ3n) is 3.26. The van der Waals surface area contributed by atoms with Gasteiger partial charge in [-0.1, -0.05) is 0 Å². The number of rotatable bonds is 6. The molecule has 0 saturated carbocycles. The van der Waals surface area contributed by atoms with Gasteiger partial charge in [0.15, 0.2) is 0 Å². The summed E-state index contributed by atoms with van der Waals surface area (Å²) in [7, 11) is -4.69. The van der Waals surface area contributed by atoms with E-state index >= 15 is 0 Å². The fourth-order valence-electron chi connectivity index (χ4n) is 1.77. The van der Waals surface area contributed by atoms with E-state index in [9.17, 15) is 17.4 Å². The highest BCUT2D eigenvalue weighted by molar-refractivity contribution is 7.87. The van der Waals surface area contributed by atoms with Crippen LogP contribution in [0, 0.1) is 5.92 Å². The Labute approximate surface area is 116 Å². The minimum Gasteiger partial charge on any atom is -0.481 e. The number of hydrogen-bond donors (Lipinski definition) is 2. The highest BCUT2D eigenvalue weighted by atomic mass is 32.2. The van der Waals surface area contributed by atoms with E-state index in [0.717, 1.165) is 0 Å². The maximum absolute atomic E-state index is 12.0. The van der Waals surface area contributed by atoms with Crippen molar-refractivity contribution in [3.8, 4) is 0 Å². The van der Waals surface area contributed by atoms with Crippen LogP contribution >= 0.6 is 0 Å². The molecule has 1 fully saturated rings. The molecule has 0 aliphatic carbocycles. The molecule has 0 bridgehead atoms. The molecule has 0 aromatic carbocycles. The molecule has 1 heterocycles. The first-order chi connectivity index (χ1) is 8.74. The van der Waals surface area contributed by atoms with Gasteiger partial charge in [0.2, 0.25) is 0 Å². The minimum atomic E-state index is -3.61. The smallest absolute Gasteiger partial charge is 0.306 e. The Morgan fingerprint density at radius 3 is 2.42 bits per heavy atom. The Morgan fingerprint density at radius 1 is 1.47 bits per heavy atom. The number of piperidine rings is 1. The molecule has 1 rings (SSSR count). The highest BCUT2D eigenvalue weighted by Crippen LogP contribution is 2.19. The molecule has 0 spiro atoms. The number of nitrogens with one attached hydrogen (secondary N) is 1. The topological polar surface area (TPSA) is 104 Å². The quantitative estimate of drug-likeness (QED) is 0.680. The zero-order valence-corrected chi connectivity index (χ0v) is 12.7. The van der Waals surface area contributed by atoms with Crippen LogP contribution in [0.2, 0.25) is 0 Å². The van der Waals surface area contributed by atoms with E-state index in [1.54, 1.807) is 6.92 Å². The molecular formula is C10H20N2O5S2. The number of aliphatic carboxylic acids is 1. The molecule has 19 heavy (non-hydrogen) atoms. The van der Waals surface area contributed by atoms with Crippen LogP contribution in [0.3, 0.4) is 0 Å². The Hall–Kier alpha value is -0.510. The molecule has 0 amide bonds. The number of carboxylic acid groups (broad SMARTS) is 1. The van der Waals surface area contributed by atoms with E-state index in [1.807, 2.05) is 0 Å². The molecule has 9 heteroatoms. The SMILES string of the molecule is CC(CNS(=O)(=O)N1CCC(C(=O)O)CC1)S(C)=O. The summed E-state index contributed by atoms with van der Waals surface area (Å²) in [6.07, 6.45) is 2.17. The minimum absolute atomic E-state index is 0.115. The van der Waals surface area contributed by atoms with E-state index in [0.29, 0.717) is 12.8 Å². The largest absolute Gasteiger partial charge is 0.481 e. The standard InChI is InChI=1S/C10H20N2O5S2/c1-8(18(2)15)7-11-19(16,17)12-5-3-9(4-6-12)10(13)14/h8-9,11H,3-7H2,1-2H3,(H,13,14). The number of nitrogens with zero attached hydrogens (tertiary/aromatic N) is 1. The summed E-state index contributed by atoms with van der Waals surface area (Å²) in [5, 5.41) is 8.59. The molecule has 1 aliphatic heterocycles. The Kier molecular flexibility index (Phi) is 5.90. The fourth-order valence-corrected chi connectivity index (χ4v) is 3.53. The van der Waals surface area contributed by atoms with E-state index in [-0.39, 0.29) is 24.9 Å². The van der Waals surface area contributed by atoms with Crippen molar-refractivity contribution in [2.24, 2.45) is 5.92 Å². The van der Waals surface area contributed by atoms with Crippen LogP contribution in [0.25, 0.3) is 0 Å². The molecule has 2 unspecified atom stereocenters. The first kappa shape index (κ1) is 16.5. The van der Waals surface area contributed by atoms with Crippen molar-refractivity contribution in [3.05, 3.63) is 0 Å². The van der Waals surface area contributed by atoms with Gasteiger partial charge in [0, 0.05) is 41.9 Å². The lowest BCUT2D eigenvalue weighted by Crippen LogP contribution is -2.47. The second-order valence-electron chi connectivity index (χ2n) is 4.67.